The Bertz CT molecular complexity index is 414. The lowest BCUT2D eigenvalue weighted by atomic mass is 10.0. The zero-order valence-corrected chi connectivity index (χ0v) is 11.9. The van der Waals surface area contributed by atoms with Gasteiger partial charge in [-0.05, 0) is 24.6 Å². The number of benzene rings is 1. The van der Waals surface area contributed by atoms with Crippen molar-refractivity contribution in [3.63, 3.8) is 0 Å². The third kappa shape index (κ3) is 4.49. The number of carbonyl (C=O) groups is 2. The predicted molar refractivity (Wildman–Crippen MR) is 70.1 cm³/mol. The second-order valence-corrected chi connectivity index (χ2v) is 4.57. The third-order valence-corrected chi connectivity index (χ3v) is 2.83. The molecule has 1 atom stereocenters. The summed E-state index contributed by atoms with van der Waals surface area (Å²) in [6.45, 7) is 3.34. The van der Waals surface area contributed by atoms with Gasteiger partial charge in [0, 0.05) is 11.4 Å². The van der Waals surface area contributed by atoms with Crippen molar-refractivity contribution in [2.24, 2.45) is 0 Å². The maximum atomic E-state index is 11.8. The Morgan fingerprint density at radius 3 is 2.33 bits per heavy atom. The monoisotopic (exact) mass is 314 g/mol. The summed E-state index contributed by atoms with van der Waals surface area (Å²) < 4.78 is 10.8. The van der Waals surface area contributed by atoms with E-state index in [2.05, 4.69) is 15.9 Å². The first-order chi connectivity index (χ1) is 8.54. The van der Waals surface area contributed by atoms with Crippen LogP contribution in [-0.4, -0.2) is 25.2 Å². The van der Waals surface area contributed by atoms with E-state index >= 15 is 0 Å². The Labute approximate surface area is 114 Å². The molecule has 0 fully saturated rings. The van der Waals surface area contributed by atoms with E-state index < -0.39 is 11.9 Å². The van der Waals surface area contributed by atoms with Crippen molar-refractivity contribution in [2.45, 2.75) is 19.8 Å². The number of halogens is 1. The van der Waals surface area contributed by atoms with E-state index in [4.69, 9.17) is 9.47 Å². The lowest BCUT2D eigenvalue weighted by molar-refractivity contribution is -0.150. The SMILES string of the molecule is CCOC(=O)[C@H](COC(C)=O)c1ccc(Br)cc1. The molecule has 0 amide bonds. The maximum absolute atomic E-state index is 11.8. The fourth-order valence-electron chi connectivity index (χ4n) is 1.44. The van der Waals surface area contributed by atoms with E-state index in [1.807, 2.05) is 12.1 Å². The van der Waals surface area contributed by atoms with E-state index in [-0.39, 0.29) is 12.6 Å². The molecule has 0 aliphatic heterocycles. The molecule has 0 radical (unpaired) electrons. The van der Waals surface area contributed by atoms with Crippen LogP contribution in [-0.2, 0) is 19.1 Å². The van der Waals surface area contributed by atoms with E-state index in [1.165, 1.54) is 6.92 Å². The summed E-state index contributed by atoms with van der Waals surface area (Å²) in [5, 5.41) is 0. The molecule has 1 aromatic rings. The number of carbonyl (C=O) groups excluding carboxylic acids is 2. The summed E-state index contributed by atoms with van der Waals surface area (Å²) in [5.41, 5.74) is 0.762. The first-order valence-electron chi connectivity index (χ1n) is 5.60. The minimum atomic E-state index is -0.582. The lowest BCUT2D eigenvalue weighted by Gasteiger charge is -2.15. The summed E-state index contributed by atoms with van der Waals surface area (Å²) in [6.07, 6.45) is 0. The van der Waals surface area contributed by atoms with Crippen molar-refractivity contribution >= 4 is 27.9 Å². The molecule has 0 saturated carbocycles. The molecule has 98 valence electrons. The van der Waals surface area contributed by atoms with Crippen LogP contribution in [0.4, 0.5) is 0 Å². The minimum Gasteiger partial charge on any atom is -0.465 e. The van der Waals surface area contributed by atoms with Crippen LogP contribution in [0.15, 0.2) is 28.7 Å². The van der Waals surface area contributed by atoms with Gasteiger partial charge in [0.05, 0.1) is 6.61 Å². The molecule has 0 N–H and O–H groups in total. The van der Waals surface area contributed by atoms with Crippen LogP contribution >= 0.6 is 15.9 Å². The van der Waals surface area contributed by atoms with Crippen LogP contribution in [0.25, 0.3) is 0 Å². The van der Waals surface area contributed by atoms with E-state index in [0.29, 0.717) is 6.61 Å². The van der Waals surface area contributed by atoms with E-state index in [1.54, 1.807) is 19.1 Å². The summed E-state index contributed by atoms with van der Waals surface area (Å²) in [4.78, 5) is 22.6. The van der Waals surface area contributed by atoms with Crippen molar-refractivity contribution in [2.75, 3.05) is 13.2 Å². The number of ether oxygens (including phenoxy) is 2. The van der Waals surface area contributed by atoms with Crippen LogP contribution in [0.5, 0.6) is 0 Å². The van der Waals surface area contributed by atoms with Gasteiger partial charge in [-0.2, -0.15) is 0 Å². The molecular formula is C13H15BrO4. The summed E-state index contributed by atoms with van der Waals surface area (Å²) >= 11 is 3.32. The second-order valence-electron chi connectivity index (χ2n) is 3.66. The largest absolute Gasteiger partial charge is 0.465 e. The lowest BCUT2D eigenvalue weighted by Crippen LogP contribution is -2.22. The van der Waals surface area contributed by atoms with Gasteiger partial charge in [-0.25, -0.2) is 0 Å². The fraction of sp³-hybridized carbons (Fsp3) is 0.385. The van der Waals surface area contributed by atoms with Gasteiger partial charge >= 0.3 is 11.9 Å². The normalized spacial score (nSPS) is 11.7. The second kappa shape index (κ2) is 7.16. The Kier molecular flexibility index (Phi) is 5.85. The van der Waals surface area contributed by atoms with Gasteiger partial charge in [-0.3, -0.25) is 9.59 Å². The van der Waals surface area contributed by atoms with Gasteiger partial charge in [0.25, 0.3) is 0 Å². The van der Waals surface area contributed by atoms with E-state index in [0.717, 1.165) is 10.0 Å². The molecule has 1 aromatic carbocycles. The van der Waals surface area contributed by atoms with Crippen LogP contribution < -0.4 is 0 Å². The van der Waals surface area contributed by atoms with Crippen LogP contribution in [0, 0.1) is 0 Å². The van der Waals surface area contributed by atoms with Gasteiger partial charge < -0.3 is 9.47 Å². The van der Waals surface area contributed by atoms with Crippen LogP contribution in [0.2, 0.25) is 0 Å². The van der Waals surface area contributed by atoms with Crippen molar-refractivity contribution < 1.29 is 19.1 Å². The Morgan fingerprint density at radius 2 is 1.83 bits per heavy atom. The molecule has 5 heteroatoms. The first kappa shape index (κ1) is 14.7. The molecule has 0 heterocycles. The highest BCUT2D eigenvalue weighted by atomic mass is 79.9. The average Bonchev–Trinajstić information content (AvgIpc) is 2.31. The van der Waals surface area contributed by atoms with Crippen molar-refractivity contribution in [3.8, 4) is 0 Å². The molecule has 1 rings (SSSR count). The molecule has 18 heavy (non-hydrogen) atoms. The summed E-state index contributed by atoms with van der Waals surface area (Å²) in [5.74, 6) is -1.38. The minimum absolute atomic E-state index is 0.00417. The smallest absolute Gasteiger partial charge is 0.316 e. The number of hydrogen-bond donors (Lipinski definition) is 0. The molecule has 0 bridgehead atoms. The highest BCUT2D eigenvalue weighted by Gasteiger charge is 2.23. The number of esters is 2. The van der Waals surface area contributed by atoms with Crippen LogP contribution in [0.1, 0.15) is 25.3 Å². The summed E-state index contributed by atoms with van der Waals surface area (Å²) in [6, 6.07) is 7.26. The molecular weight excluding hydrogens is 300 g/mol. The van der Waals surface area contributed by atoms with Gasteiger partial charge in [0.15, 0.2) is 0 Å². The van der Waals surface area contributed by atoms with Crippen molar-refractivity contribution in [1.29, 1.82) is 0 Å². The average molecular weight is 315 g/mol. The Balaban J connectivity index is 2.85. The summed E-state index contributed by atoms with van der Waals surface area (Å²) in [7, 11) is 0. The number of rotatable bonds is 5. The van der Waals surface area contributed by atoms with Gasteiger partial charge in [0.2, 0.25) is 0 Å². The predicted octanol–water partition coefficient (Wildman–Crippen LogP) is 2.66. The zero-order chi connectivity index (χ0) is 13.5. The van der Waals surface area contributed by atoms with Crippen molar-refractivity contribution in [3.05, 3.63) is 34.3 Å². The third-order valence-electron chi connectivity index (χ3n) is 2.30. The van der Waals surface area contributed by atoms with Gasteiger partial charge in [-0.1, -0.05) is 28.1 Å². The zero-order valence-electron chi connectivity index (χ0n) is 10.3. The molecule has 0 spiro atoms. The maximum Gasteiger partial charge on any atom is 0.316 e. The molecule has 4 nitrogen and oxygen atoms in total. The molecule has 0 aliphatic carbocycles. The highest BCUT2D eigenvalue weighted by molar-refractivity contribution is 9.10. The van der Waals surface area contributed by atoms with Gasteiger partial charge in [-0.15, -0.1) is 0 Å². The Morgan fingerprint density at radius 1 is 1.22 bits per heavy atom. The first-order valence-corrected chi connectivity index (χ1v) is 6.39. The van der Waals surface area contributed by atoms with Crippen LogP contribution in [0.3, 0.4) is 0 Å². The molecule has 0 unspecified atom stereocenters. The molecule has 0 saturated heterocycles. The number of hydrogen-bond acceptors (Lipinski definition) is 4. The van der Waals surface area contributed by atoms with Crippen molar-refractivity contribution in [1.82, 2.24) is 0 Å². The Hall–Kier alpha value is -1.36. The van der Waals surface area contributed by atoms with E-state index in [9.17, 15) is 9.59 Å². The molecule has 0 aromatic heterocycles. The topological polar surface area (TPSA) is 52.6 Å². The molecule has 0 aliphatic rings. The fourth-order valence-corrected chi connectivity index (χ4v) is 1.70. The quantitative estimate of drug-likeness (QED) is 0.784. The highest BCUT2D eigenvalue weighted by Crippen LogP contribution is 2.21. The standard InChI is InChI=1S/C13H15BrO4/c1-3-17-13(16)12(8-18-9(2)15)10-4-6-11(14)7-5-10/h4-7,12H,3,8H2,1-2H3/t12-/m1/s1. The van der Waals surface area contributed by atoms with Gasteiger partial charge in [0.1, 0.15) is 12.5 Å².